The Morgan fingerprint density at radius 1 is 1.64 bits per heavy atom. The summed E-state index contributed by atoms with van der Waals surface area (Å²) in [5.74, 6) is -0.202. The average molecular weight is 264 g/mol. The predicted octanol–water partition coefficient (Wildman–Crippen LogP) is 2.22. The summed E-state index contributed by atoms with van der Waals surface area (Å²) in [4.78, 5) is 11.3. The number of hydrogen-bond donors (Lipinski definition) is 1. The predicted molar refractivity (Wildman–Crippen MR) is 61.4 cm³/mol. The number of rotatable bonds is 7. The quantitative estimate of drug-likeness (QED) is 0.716. The zero-order chi connectivity index (χ0) is 11.0. The van der Waals surface area contributed by atoms with Crippen molar-refractivity contribution in [3.63, 3.8) is 0 Å². The van der Waals surface area contributed by atoms with E-state index in [9.17, 15) is 4.79 Å². The Morgan fingerprint density at radius 2 is 2.29 bits per heavy atom. The SMILES string of the molecule is C=C(Br)CNC(CCCC)C(=O)OC. The maximum Gasteiger partial charge on any atom is 0.322 e. The second-order valence-electron chi connectivity index (χ2n) is 3.12. The standard InChI is InChI=1S/C10H18BrNO2/c1-4-5-6-9(10(13)14-3)12-7-8(2)11/h9,12H,2,4-7H2,1,3H3. The van der Waals surface area contributed by atoms with Gasteiger partial charge < -0.3 is 4.74 Å². The summed E-state index contributed by atoms with van der Waals surface area (Å²) in [6.45, 7) is 6.38. The number of nitrogens with one attached hydrogen (secondary N) is 1. The van der Waals surface area contributed by atoms with E-state index in [-0.39, 0.29) is 12.0 Å². The number of unbranched alkanes of at least 4 members (excludes halogenated alkanes) is 1. The van der Waals surface area contributed by atoms with Crippen molar-refractivity contribution in [2.45, 2.75) is 32.2 Å². The molecule has 0 aromatic heterocycles. The van der Waals surface area contributed by atoms with E-state index in [0.29, 0.717) is 6.54 Å². The van der Waals surface area contributed by atoms with Gasteiger partial charge >= 0.3 is 5.97 Å². The lowest BCUT2D eigenvalue weighted by molar-refractivity contribution is -0.143. The van der Waals surface area contributed by atoms with Crippen LogP contribution < -0.4 is 5.32 Å². The van der Waals surface area contributed by atoms with Gasteiger partial charge in [-0.1, -0.05) is 42.3 Å². The highest BCUT2D eigenvalue weighted by molar-refractivity contribution is 9.11. The van der Waals surface area contributed by atoms with Crippen LogP contribution in [-0.2, 0) is 9.53 Å². The Kier molecular flexibility index (Phi) is 7.80. The molecule has 1 atom stereocenters. The third-order valence-corrected chi connectivity index (χ3v) is 2.15. The van der Waals surface area contributed by atoms with Crippen LogP contribution >= 0.6 is 15.9 Å². The van der Waals surface area contributed by atoms with Crippen molar-refractivity contribution in [2.24, 2.45) is 0 Å². The lowest BCUT2D eigenvalue weighted by Crippen LogP contribution is -2.38. The minimum atomic E-state index is -0.214. The third kappa shape index (κ3) is 6.16. The summed E-state index contributed by atoms with van der Waals surface area (Å²) in [6.07, 6.45) is 2.90. The van der Waals surface area contributed by atoms with Gasteiger partial charge in [0.15, 0.2) is 0 Å². The van der Waals surface area contributed by atoms with E-state index in [1.807, 2.05) is 0 Å². The molecule has 3 nitrogen and oxygen atoms in total. The van der Waals surface area contributed by atoms with Crippen LogP contribution in [0.3, 0.4) is 0 Å². The van der Waals surface area contributed by atoms with Gasteiger partial charge in [-0.15, -0.1) is 0 Å². The maximum atomic E-state index is 11.3. The highest BCUT2D eigenvalue weighted by atomic mass is 79.9. The Balaban J connectivity index is 3.96. The first-order chi connectivity index (χ1) is 6.61. The highest BCUT2D eigenvalue weighted by Crippen LogP contribution is 2.04. The van der Waals surface area contributed by atoms with E-state index < -0.39 is 0 Å². The van der Waals surface area contributed by atoms with Crippen LogP contribution in [0.1, 0.15) is 26.2 Å². The van der Waals surface area contributed by atoms with Crippen molar-refractivity contribution < 1.29 is 9.53 Å². The van der Waals surface area contributed by atoms with E-state index in [1.54, 1.807) is 0 Å². The summed E-state index contributed by atoms with van der Waals surface area (Å²) in [5, 5.41) is 3.08. The lowest BCUT2D eigenvalue weighted by Gasteiger charge is -2.15. The molecule has 0 aromatic carbocycles. The van der Waals surface area contributed by atoms with Gasteiger partial charge in [0.2, 0.25) is 0 Å². The molecular weight excluding hydrogens is 246 g/mol. The minimum absolute atomic E-state index is 0.202. The minimum Gasteiger partial charge on any atom is -0.468 e. The Morgan fingerprint density at radius 3 is 2.71 bits per heavy atom. The molecule has 1 unspecified atom stereocenters. The molecule has 82 valence electrons. The van der Waals surface area contributed by atoms with E-state index in [0.717, 1.165) is 23.7 Å². The summed E-state index contributed by atoms with van der Waals surface area (Å²) in [7, 11) is 1.41. The molecule has 1 N–H and O–H groups in total. The molecule has 0 fully saturated rings. The smallest absolute Gasteiger partial charge is 0.322 e. The van der Waals surface area contributed by atoms with Crippen LogP contribution in [0.2, 0.25) is 0 Å². The van der Waals surface area contributed by atoms with Gasteiger partial charge in [-0.25, -0.2) is 0 Å². The number of esters is 1. The summed E-state index contributed by atoms with van der Waals surface area (Å²) in [5.41, 5.74) is 0. The fraction of sp³-hybridized carbons (Fsp3) is 0.700. The zero-order valence-corrected chi connectivity index (χ0v) is 10.4. The van der Waals surface area contributed by atoms with Crippen LogP contribution in [0.5, 0.6) is 0 Å². The van der Waals surface area contributed by atoms with Crippen molar-refractivity contribution in [3.8, 4) is 0 Å². The molecule has 0 aliphatic rings. The summed E-state index contributed by atoms with van der Waals surface area (Å²) < 4.78 is 5.53. The fourth-order valence-corrected chi connectivity index (χ4v) is 1.25. The number of hydrogen-bond acceptors (Lipinski definition) is 3. The summed E-state index contributed by atoms with van der Waals surface area (Å²) in [6, 6.07) is -0.214. The van der Waals surface area contributed by atoms with Crippen LogP contribution in [-0.4, -0.2) is 25.7 Å². The first-order valence-electron chi connectivity index (χ1n) is 4.76. The van der Waals surface area contributed by atoms with E-state index in [4.69, 9.17) is 4.74 Å². The first-order valence-corrected chi connectivity index (χ1v) is 5.55. The zero-order valence-electron chi connectivity index (χ0n) is 8.81. The lowest BCUT2D eigenvalue weighted by atomic mass is 10.1. The number of halogens is 1. The molecule has 0 amide bonds. The Hall–Kier alpha value is -0.350. The molecular formula is C10H18BrNO2. The van der Waals surface area contributed by atoms with Gasteiger partial charge in [0.1, 0.15) is 6.04 Å². The molecule has 0 saturated carbocycles. The van der Waals surface area contributed by atoms with Crippen molar-refractivity contribution in [1.29, 1.82) is 0 Å². The Labute approximate surface area is 94.0 Å². The molecule has 14 heavy (non-hydrogen) atoms. The average Bonchev–Trinajstić information content (AvgIpc) is 2.16. The largest absolute Gasteiger partial charge is 0.468 e. The van der Waals surface area contributed by atoms with Crippen molar-refractivity contribution in [1.82, 2.24) is 5.32 Å². The Bertz CT molecular complexity index is 195. The highest BCUT2D eigenvalue weighted by Gasteiger charge is 2.17. The molecule has 0 saturated heterocycles. The normalized spacial score (nSPS) is 12.2. The molecule has 0 bridgehead atoms. The van der Waals surface area contributed by atoms with Crippen LogP contribution in [0.4, 0.5) is 0 Å². The number of ether oxygens (including phenoxy) is 1. The van der Waals surface area contributed by atoms with Crippen LogP contribution in [0.15, 0.2) is 11.1 Å². The number of methoxy groups -OCH3 is 1. The fourth-order valence-electron chi connectivity index (χ4n) is 1.09. The van der Waals surface area contributed by atoms with Crippen LogP contribution in [0.25, 0.3) is 0 Å². The molecule has 0 heterocycles. The molecule has 0 rings (SSSR count). The van der Waals surface area contributed by atoms with Gasteiger partial charge in [0, 0.05) is 11.0 Å². The van der Waals surface area contributed by atoms with E-state index in [1.165, 1.54) is 7.11 Å². The molecule has 0 aromatic rings. The van der Waals surface area contributed by atoms with Gasteiger partial charge in [-0.2, -0.15) is 0 Å². The monoisotopic (exact) mass is 263 g/mol. The molecule has 4 heteroatoms. The van der Waals surface area contributed by atoms with E-state index in [2.05, 4.69) is 34.7 Å². The first kappa shape index (κ1) is 13.7. The maximum absolute atomic E-state index is 11.3. The second kappa shape index (κ2) is 8.00. The second-order valence-corrected chi connectivity index (χ2v) is 4.24. The van der Waals surface area contributed by atoms with Gasteiger partial charge in [-0.3, -0.25) is 10.1 Å². The van der Waals surface area contributed by atoms with Gasteiger partial charge in [0.25, 0.3) is 0 Å². The van der Waals surface area contributed by atoms with Crippen molar-refractivity contribution >= 4 is 21.9 Å². The third-order valence-electron chi connectivity index (χ3n) is 1.87. The van der Waals surface area contributed by atoms with Crippen LogP contribution in [0, 0.1) is 0 Å². The van der Waals surface area contributed by atoms with Crippen molar-refractivity contribution in [2.75, 3.05) is 13.7 Å². The van der Waals surface area contributed by atoms with Gasteiger partial charge in [0.05, 0.1) is 7.11 Å². The summed E-state index contributed by atoms with van der Waals surface area (Å²) >= 11 is 3.23. The van der Waals surface area contributed by atoms with Crippen molar-refractivity contribution in [3.05, 3.63) is 11.1 Å². The topological polar surface area (TPSA) is 38.3 Å². The molecule has 0 aliphatic heterocycles. The van der Waals surface area contributed by atoms with E-state index >= 15 is 0 Å². The number of carbonyl (C=O) groups excluding carboxylic acids is 1. The molecule has 0 radical (unpaired) electrons. The number of carbonyl (C=O) groups is 1. The molecule has 0 aliphatic carbocycles. The molecule has 0 spiro atoms. The van der Waals surface area contributed by atoms with Gasteiger partial charge in [-0.05, 0) is 6.42 Å².